The third-order valence-electron chi connectivity index (χ3n) is 4.01. The van der Waals surface area contributed by atoms with Crippen LogP contribution in [0.2, 0.25) is 0 Å². The Morgan fingerprint density at radius 2 is 1.78 bits per heavy atom. The summed E-state index contributed by atoms with van der Waals surface area (Å²) in [4.78, 5) is 16.2. The van der Waals surface area contributed by atoms with Crippen LogP contribution in [0.15, 0.2) is 54.7 Å². The van der Waals surface area contributed by atoms with Crippen LogP contribution in [0.4, 0.5) is 24.5 Å². The lowest BCUT2D eigenvalue weighted by Crippen LogP contribution is -2.24. The Labute approximate surface area is 154 Å². The molecule has 27 heavy (non-hydrogen) atoms. The molecule has 4 nitrogen and oxygen atoms in total. The van der Waals surface area contributed by atoms with Gasteiger partial charge in [-0.15, -0.1) is 0 Å². The van der Waals surface area contributed by atoms with Gasteiger partial charge in [0.2, 0.25) is 0 Å². The van der Waals surface area contributed by atoms with Gasteiger partial charge in [0.15, 0.2) is 17.5 Å². The number of benzene rings is 2. The van der Waals surface area contributed by atoms with Crippen LogP contribution in [0.25, 0.3) is 0 Å². The summed E-state index contributed by atoms with van der Waals surface area (Å²) in [6, 6.07) is 12.5. The molecule has 0 fully saturated rings. The van der Waals surface area contributed by atoms with Gasteiger partial charge in [-0.1, -0.05) is 24.3 Å². The standard InChI is InChI=1S/C20H16F3N3O/c1-12-4-2-3-5-13(12)10-25-20(27)17-8-6-14(11-24-17)26-16-9-7-15(21)18(22)19(16)23/h2-9,11,26H,10H2,1H3,(H,25,27). The van der Waals surface area contributed by atoms with Crippen LogP contribution in [0.1, 0.15) is 21.6 Å². The van der Waals surface area contributed by atoms with Crippen molar-refractivity contribution in [2.75, 3.05) is 5.32 Å². The number of carbonyl (C=O) groups is 1. The fraction of sp³-hybridized carbons (Fsp3) is 0.100. The highest BCUT2D eigenvalue weighted by Crippen LogP contribution is 2.23. The highest BCUT2D eigenvalue weighted by atomic mass is 19.2. The minimum absolute atomic E-state index is 0.180. The predicted molar refractivity (Wildman–Crippen MR) is 96.2 cm³/mol. The molecule has 2 N–H and O–H groups in total. The number of aryl methyl sites for hydroxylation is 1. The predicted octanol–water partition coefficient (Wildman–Crippen LogP) is 4.48. The summed E-state index contributed by atoms with van der Waals surface area (Å²) in [5.74, 6) is -4.50. The smallest absolute Gasteiger partial charge is 0.270 e. The van der Waals surface area contributed by atoms with E-state index in [-0.39, 0.29) is 17.3 Å². The van der Waals surface area contributed by atoms with Gasteiger partial charge in [-0.2, -0.15) is 0 Å². The maximum atomic E-state index is 13.7. The summed E-state index contributed by atoms with van der Waals surface area (Å²) >= 11 is 0. The van der Waals surface area contributed by atoms with E-state index in [9.17, 15) is 18.0 Å². The van der Waals surface area contributed by atoms with E-state index in [1.54, 1.807) is 0 Å². The second-order valence-electron chi connectivity index (χ2n) is 5.89. The number of aromatic nitrogens is 1. The first kappa shape index (κ1) is 18.4. The number of hydrogen-bond donors (Lipinski definition) is 2. The Morgan fingerprint density at radius 3 is 2.48 bits per heavy atom. The van der Waals surface area contributed by atoms with Gasteiger partial charge in [-0.05, 0) is 42.3 Å². The molecule has 1 amide bonds. The summed E-state index contributed by atoms with van der Waals surface area (Å²) in [5.41, 5.74) is 2.35. The zero-order valence-corrected chi connectivity index (χ0v) is 14.4. The Kier molecular flexibility index (Phi) is 5.40. The van der Waals surface area contributed by atoms with Crippen LogP contribution >= 0.6 is 0 Å². The molecule has 0 saturated heterocycles. The molecule has 3 aromatic rings. The molecule has 0 bridgehead atoms. The third-order valence-corrected chi connectivity index (χ3v) is 4.01. The molecule has 2 aromatic carbocycles. The number of carbonyl (C=O) groups excluding carboxylic acids is 1. The second kappa shape index (κ2) is 7.90. The van der Waals surface area contributed by atoms with Gasteiger partial charge in [0.05, 0.1) is 17.6 Å². The van der Waals surface area contributed by atoms with Crippen molar-refractivity contribution in [3.05, 3.63) is 89.0 Å². The number of hydrogen-bond acceptors (Lipinski definition) is 3. The Bertz CT molecular complexity index is 975. The van der Waals surface area contributed by atoms with Crippen molar-refractivity contribution in [3.63, 3.8) is 0 Å². The van der Waals surface area contributed by atoms with E-state index in [0.717, 1.165) is 23.3 Å². The fourth-order valence-electron chi connectivity index (χ4n) is 2.45. The molecule has 1 aromatic heterocycles. The topological polar surface area (TPSA) is 54.0 Å². The highest BCUT2D eigenvalue weighted by molar-refractivity contribution is 5.92. The van der Waals surface area contributed by atoms with E-state index in [4.69, 9.17) is 0 Å². The van der Waals surface area contributed by atoms with E-state index in [1.165, 1.54) is 18.3 Å². The van der Waals surface area contributed by atoms with E-state index in [0.29, 0.717) is 12.2 Å². The van der Waals surface area contributed by atoms with Gasteiger partial charge in [-0.3, -0.25) is 4.79 Å². The Balaban J connectivity index is 1.65. The number of amides is 1. The van der Waals surface area contributed by atoms with Crippen molar-refractivity contribution < 1.29 is 18.0 Å². The number of pyridine rings is 1. The average molecular weight is 371 g/mol. The lowest BCUT2D eigenvalue weighted by molar-refractivity contribution is 0.0946. The molecular weight excluding hydrogens is 355 g/mol. The lowest BCUT2D eigenvalue weighted by atomic mass is 10.1. The molecule has 0 radical (unpaired) electrons. The molecule has 1 heterocycles. The van der Waals surface area contributed by atoms with Crippen molar-refractivity contribution in [2.45, 2.75) is 13.5 Å². The maximum absolute atomic E-state index is 13.7. The van der Waals surface area contributed by atoms with Gasteiger partial charge in [0, 0.05) is 6.54 Å². The van der Waals surface area contributed by atoms with Crippen LogP contribution < -0.4 is 10.6 Å². The van der Waals surface area contributed by atoms with Crippen molar-refractivity contribution in [2.24, 2.45) is 0 Å². The molecule has 0 spiro atoms. The normalized spacial score (nSPS) is 10.5. The van der Waals surface area contributed by atoms with Crippen LogP contribution in [0, 0.1) is 24.4 Å². The summed E-state index contributed by atoms with van der Waals surface area (Å²) in [7, 11) is 0. The van der Waals surface area contributed by atoms with E-state index >= 15 is 0 Å². The maximum Gasteiger partial charge on any atom is 0.270 e. The summed E-state index contributed by atoms with van der Waals surface area (Å²) in [6.07, 6.45) is 1.31. The number of halogens is 3. The first-order chi connectivity index (χ1) is 13.0. The lowest BCUT2D eigenvalue weighted by Gasteiger charge is -2.10. The summed E-state index contributed by atoms with van der Waals surface area (Å²) < 4.78 is 39.9. The highest BCUT2D eigenvalue weighted by Gasteiger charge is 2.14. The third kappa shape index (κ3) is 4.25. The largest absolute Gasteiger partial charge is 0.352 e. The van der Waals surface area contributed by atoms with Crippen LogP contribution in [-0.2, 0) is 6.54 Å². The van der Waals surface area contributed by atoms with Crippen LogP contribution in [-0.4, -0.2) is 10.9 Å². The quantitative estimate of drug-likeness (QED) is 0.650. The van der Waals surface area contributed by atoms with Gasteiger partial charge in [0.25, 0.3) is 5.91 Å². The van der Waals surface area contributed by atoms with Gasteiger partial charge >= 0.3 is 0 Å². The van der Waals surface area contributed by atoms with E-state index in [2.05, 4.69) is 15.6 Å². The number of anilines is 2. The molecule has 0 aliphatic rings. The molecular formula is C20H16F3N3O. The second-order valence-corrected chi connectivity index (χ2v) is 5.89. The molecule has 7 heteroatoms. The Hall–Kier alpha value is -3.35. The molecule has 0 unspecified atom stereocenters. The molecule has 0 saturated carbocycles. The van der Waals surface area contributed by atoms with Crippen LogP contribution in [0.5, 0.6) is 0 Å². The zero-order chi connectivity index (χ0) is 19.4. The van der Waals surface area contributed by atoms with Crippen LogP contribution in [0.3, 0.4) is 0 Å². The van der Waals surface area contributed by atoms with E-state index in [1.807, 2.05) is 31.2 Å². The van der Waals surface area contributed by atoms with Crippen molar-refractivity contribution >= 4 is 17.3 Å². The monoisotopic (exact) mass is 371 g/mol. The fourth-order valence-corrected chi connectivity index (χ4v) is 2.45. The SMILES string of the molecule is Cc1ccccc1CNC(=O)c1ccc(Nc2ccc(F)c(F)c2F)cn1. The van der Waals surface area contributed by atoms with Crippen molar-refractivity contribution in [1.82, 2.24) is 10.3 Å². The van der Waals surface area contributed by atoms with Crippen molar-refractivity contribution in [3.8, 4) is 0 Å². The number of rotatable bonds is 5. The molecule has 138 valence electrons. The van der Waals surface area contributed by atoms with E-state index < -0.39 is 17.5 Å². The van der Waals surface area contributed by atoms with Crippen molar-refractivity contribution in [1.29, 1.82) is 0 Å². The molecule has 0 aliphatic carbocycles. The number of nitrogens with one attached hydrogen (secondary N) is 2. The first-order valence-electron chi connectivity index (χ1n) is 8.15. The Morgan fingerprint density at radius 1 is 1.00 bits per heavy atom. The molecule has 0 atom stereocenters. The van der Waals surface area contributed by atoms with Gasteiger partial charge in [0.1, 0.15) is 5.69 Å². The van der Waals surface area contributed by atoms with Gasteiger partial charge < -0.3 is 10.6 Å². The zero-order valence-electron chi connectivity index (χ0n) is 14.4. The number of nitrogens with zero attached hydrogens (tertiary/aromatic N) is 1. The first-order valence-corrected chi connectivity index (χ1v) is 8.15. The molecule has 0 aliphatic heterocycles. The summed E-state index contributed by atoms with van der Waals surface area (Å²) in [5, 5.41) is 5.37. The minimum Gasteiger partial charge on any atom is -0.352 e. The minimum atomic E-state index is -1.56. The average Bonchev–Trinajstić information content (AvgIpc) is 2.68. The van der Waals surface area contributed by atoms with Gasteiger partial charge in [-0.25, -0.2) is 18.2 Å². The summed E-state index contributed by atoms with van der Waals surface area (Å²) in [6.45, 7) is 2.32. The molecule has 3 rings (SSSR count).